The zero-order valence-corrected chi connectivity index (χ0v) is 19.2. The summed E-state index contributed by atoms with van der Waals surface area (Å²) in [5.74, 6) is -0.0836. The Bertz CT molecular complexity index is 1040. The molecule has 0 aliphatic heterocycles. The van der Waals surface area contributed by atoms with Crippen molar-refractivity contribution in [2.75, 3.05) is 26.0 Å². The van der Waals surface area contributed by atoms with Crippen molar-refractivity contribution in [3.63, 3.8) is 0 Å². The third-order valence-corrected chi connectivity index (χ3v) is 5.97. The second kappa shape index (κ2) is 10.7. The van der Waals surface area contributed by atoms with E-state index in [0.717, 1.165) is 16.8 Å². The third kappa shape index (κ3) is 5.83. The van der Waals surface area contributed by atoms with Gasteiger partial charge in [-0.25, -0.2) is 0 Å². The molecule has 32 heavy (non-hydrogen) atoms. The molecule has 0 radical (unpaired) electrons. The smallest absolute Gasteiger partial charge is 0.255 e. The number of hydrogen-bond donors (Lipinski definition) is 1. The molecule has 3 aromatic carbocycles. The molecule has 3 aromatic rings. The Morgan fingerprint density at radius 2 is 1.38 bits per heavy atom. The van der Waals surface area contributed by atoms with Crippen LogP contribution in [-0.2, 0) is 4.79 Å². The maximum absolute atomic E-state index is 12.9. The molecule has 0 saturated heterocycles. The highest BCUT2D eigenvalue weighted by Gasteiger charge is 2.21. The summed E-state index contributed by atoms with van der Waals surface area (Å²) in [7, 11) is 3.79. The van der Waals surface area contributed by atoms with Crippen LogP contribution >= 0.6 is 0 Å². The zero-order valence-electron chi connectivity index (χ0n) is 19.2. The Morgan fingerprint density at radius 1 is 0.781 bits per heavy atom. The van der Waals surface area contributed by atoms with Gasteiger partial charge < -0.3 is 10.2 Å². The predicted octanol–water partition coefficient (Wildman–Crippen LogP) is 5.15. The predicted molar refractivity (Wildman–Crippen MR) is 130 cm³/mol. The molecule has 3 rings (SSSR count). The van der Waals surface area contributed by atoms with E-state index in [0.29, 0.717) is 12.1 Å². The summed E-state index contributed by atoms with van der Waals surface area (Å²) in [5, 5.41) is 2.95. The first-order valence-corrected chi connectivity index (χ1v) is 10.8. The lowest BCUT2D eigenvalue weighted by atomic mass is 10.1. The van der Waals surface area contributed by atoms with E-state index in [1.54, 1.807) is 17.0 Å². The molecule has 1 N–H and O–H groups in total. The van der Waals surface area contributed by atoms with E-state index in [4.69, 9.17) is 0 Å². The molecule has 5 heteroatoms. The van der Waals surface area contributed by atoms with E-state index >= 15 is 0 Å². The number of anilines is 1. The number of likely N-dealkylation sites (N-methyl/N-ethyl adjacent to an activating group) is 2. The monoisotopic (exact) mass is 429 g/mol. The molecule has 0 heterocycles. The molecule has 0 fully saturated rings. The van der Waals surface area contributed by atoms with E-state index in [-0.39, 0.29) is 23.9 Å². The third-order valence-electron chi connectivity index (χ3n) is 5.97. The second-order valence-electron chi connectivity index (χ2n) is 8.13. The zero-order chi connectivity index (χ0) is 23.1. The number of carbonyl (C=O) groups is 2. The van der Waals surface area contributed by atoms with Crippen molar-refractivity contribution in [2.24, 2.45) is 0 Å². The normalized spacial score (nSPS) is 12.8. The molecule has 0 aliphatic rings. The summed E-state index contributed by atoms with van der Waals surface area (Å²) in [6.45, 7) is 4.40. The first kappa shape index (κ1) is 23.2. The van der Waals surface area contributed by atoms with Crippen molar-refractivity contribution >= 4 is 17.5 Å². The number of nitrogens with zero attached hydrogens (tertiary/aromatic N) is 2. The number of hydrogen-bond acceptors (Lipinski definition) is 3. The van der Waals surface area contributed by atoms with Gasteiger partial charge in [-0.05, 0) is 56.3 Å². The van der Waals surface area contributed by atoms with Gasteiger partial charge >= 0.3 is 0 Å². The summed E-state index contributed by atoms with van der Waals surface area (Å²) in [6.07, 6.45) is 0. The Balaban J connectivity index is 1.62. The molecule has 5 nitrogen and oxygen atoms in total. The van der Waals surface area contributed by atoms with Gasteiger partial charge in [-0.15, -0.1) is 0 Å². The van der Waals surface area contributed by atoms with Gasteiger partial charge in [0.1, 0.15) is 0 Å². The molecule has 166 valence electrons. The molecule has 0 aromatic heterocycles. The van der Waals surface area contributed by atoms with Gasteiger partial charge in [0.2, 0.25) is 5.91 Å². The van der Waals surface area contributed by atoms with Crippen molar-refractivity contribution < 1.29 is 9.59 Å². The minimum absolute atomic E-state index is 0.00364. The largest absolute Gasteiger partial charge is 0.338 e. The van der Waals surface area contributed by atoms with Crippen molar-refractivity contribution in [1.82, 2.24) is 9.80 Å². The summed E-state index contributed by atoms with van der Waals surface area (Å²) in [6, 6.07) is 26.9. The van der Waals surface area contributed by atoms with E-state index in [2.05, 4.69) is 12.2 Å². The van der Waals surface area contributed by atoms with Crippen molar-refractivity contribution in [2.45, 2.75) is 25.9 Å². The molecule has 0 spiro atoms. The lowest BCUT2D eigenvalue weighted by Crippen LogP contribution is -2.38. The lowest BCUT2D eigenvalue weighted by Gasteiger charge is -2.30. The molecule has 2 amide bonds. The summed E-state index contributed by atoms with van der Waals surface area (Å²) in [5.41, 5.74) is 3.49. The SMILES string of the molecule is C[C@H](c1cccc(NC(=O)c2ccccc2)c1)N(C)CC(=O)N(C)[C@@H](C)c1ccccc1. The van der Waals surface area contributed by atoms with Gasteiger partial charge in [-0.2, -0.15) is 0 Å². The highest BCUT2D eigenvalue weighted by atomic mass is 16.2. The number of benzene rings is 3. The van der Waals surface area contributed by atoms with Gasteiger partial charge in [0, 0.05) is 24.3 Å². The molecule has 0 saturated carbocycles. The van der Waals surface area contributed by atoms with E-state index in [1.807, 2.05) is 98.7 Å². The van der Waals surface area contributed by atoms with Crippen molar-refractivity contribution in [3.05, 3.63) is 102 Å². The van der Waals surface area contributed by atoms with E-state index in [9.17, 15) is 9.59 Å². The standard InChI is InChI=1S/C27H31N3O2/c1-20(29(3)19-26(31)30(4)21(2)22-12-7-5-8-13-22)24-16-11-17-25(18-24)28-27(32)23-14-9-6-10-15-23/h5-18,20-21H,19H2,1-4H3,(H,28,32)/t20-,21+/m1/s1. The molecule has 2 atom stereocenters. The number of nitrogens with one attached hydrogen (secondary N) is 1. The average molecular weight is 430 g/mol. The van der Waals surface area contributed by atoms with Crippen LogP contribution in [0.3, 0.4) is 0 Å². The Morgan fingerprint density at radius 3 is 2.03 bits per heavy atom. The van der Waals surface area contributed by atoms with Crippen LogP contribution in [0.4, 0.5) is 5.69 Å². The van der Waals surface area contributed by atoms with Crippen molar-refractivity contribution in [1.29, 1.82) is 0 Å². The van der Waals surface area contributed by atoms with E-state index in [1.165, 1.54) is 0 Å². The summed E-state index contributed by atoms with van der Waals surface area (Å²) < 4.78 is 0. The van der Waals surface area contributed by atoms with E-state index < -0.39 is 0 Å². The number of rotatable bonds is 8. The quantitative estimate of drug-likeness (QED) is 0.539. The fourth-order valence-corrected chi connectivity index (χ4v) is 3.56. The first-order valence-electron chi connectivity index (χ1n) is 10.8. The van der Waals surface area contributed by atoms with Crippen LogP contribution < -0.4 is 5.32 Å². The number of carbonyl (C=O) groups excluding carboxylic acids is 2. The number of amides is 2. The van der Waals surface area contributed by atoms with Crippen LogP contribution in [0.2, 0.25) is 0 Å². The average Bonchev–Trinajstić information content (AvgIpc) is 2.83. The summed E-state index contributed by atoms with van der Waals surface area (Å²) >= 11 is 0. The molecule has 0 bridgehead atoms. The fraction of sp³-hybridized carbons (Fsp3) is 0.259. The highest BCUT2D eigenvalue weighted by molar-refractivity contribution is 6.04. The minimum Gasteiger partial charge on any atom is -0.338 e. The first-order chi connectivity index (χ1) is 15.4. The highest BCUT2D eigenvalue weighted by Crippen LogP contribution is 2.23. The van der Waals surface area contributed by atoms with Crippen LogP contribution in [0, 0.1) is 0 Å². The molecular weight excluding hydrogens is 398 g/mol. The lowest BCUT2D eigenvalue weighted by molar-refractivity contribution is -0.133. The van der Waals surface area contributed by atoms with Gasteiger partial charge in [-0.1, -0.05) is 60.7 Å². The Kier molecular flexibility index (Phi) is 7.79. The van der Waals surface area contributed by atoms with Gasteiger partial charge in [0.05, 0.1) is 12.6 Å². The van der Waals surface area contributed by atoms with Crippen LogP contribution in [0.15, 0.2) is 84.9 Å². The minimum atomic E-state index is -0.143. The van der Waals surface area contributed by atoms with Crippen molar-refractivity contribution in [3.8, 4) is 0 Å². The van der Waals surface area contributed by atoms with Crippen LogP contribution in [0.1, 0.15) is 47.4 Å². The molecule has 0 aliphatic carbocycles. The van der Waals surface area contributed by atoms with Gasteiger partial charge in [0.15, 0.2) is 0 Å². The maximum Gasteiger partial charge on any atom is 0.255 e. The van der Waals surface area contributed by atoms with Crippen LogP contribution in [-0.4, -0.2) is 42.3 Å². The Hall–Kier alpha value is -3.44. The molecule has 0 unspecified atom stereocenters. The van der Waals surface area contributed by atoms with Crippen LogP contribution in [0.5, 0.6) is 0 Å². The summed E-state index contributed by atoms with van der Waals surface area (Å²) in [4.78, 5) is 29.2. The fourth-order valence-electron chi connectivity index (χ4n) is 3.56. The van der Waals surface area contributed by atoms with Gasteiger partial charge in [0.25, 0.3) is 5.91 Å². The molecular formula is C27H31N3O2. The van der Waals surface area contributed by atoms with Gasteiger partial charge in [-0.3, -0.25) is 14.5 Å². The maximum atomic E-state index is 12.9. The second-order valence-corrected chi connectivity index (χ2v) is 8.13. The topological polar surface area (TPSA) is 52.7 Å². The van der Waals surface area contributed by atoms with Crippen LogP contribution in [0.25, 0.3) is 0 Å². The Labute approximate surface area is 190 Å².